The van der Waals surface area contributed by atoms with E-state index in [0.717, 1.165) is 18.2 Å². The molecule has 112 valence electrons. The Labute approximate surface area is 121 Å². The summed E-state index contributed by atoms with van der Waals surface area (Å²) in [5.74, 6) is 0.630. The zero-order chi connectivity index (χ0) is 14.4. The fraction of sp³-hybridized carbons (Fsp3) is 0.688. The minimum Gasteiger partial charge on any atom is -0.464 e. The smallest absolute Gasteiger partial charge is 0.354 e. The second-order valence-corrected chi connectivity index (χ2v) is 5.78. The third-order valence-corrected chi connectivity index (χ3v) is 4.28. The summed E-state index contributed by atoms with van der Waals surface area (Å²) >= 11 is 0. The largest absolute Gasteiger partial charge is 0.464 e. The van der Waals surface area contributed by atoms with Crippen molar-refractivity contribution in [2.75, 3.05) is 7.11 Å². The van der Waals surface area contributed by atoms with Gasteiger partial charge in [0.05, 0.1) is 7.11 Å². The lowest BCUT2D eigenvalue weighted by atomic mass is 9.83. The molecule has 0 radical (unpaired) electrons. The van der Waals surface area contributed by atoms with Gasteiger partial charge in [-0.3, -0.25) is 0 Å². The molecule has 2 N–H and O–H groups in total. The van der Waals surface area contributed by atoms with Crippen LogP contribution in [0.2, 0.25) is 0 Å². The zero-order valence-corrected chi connectivity index (χ0v) is 12.6. The Kier molecular flexibility index (Phi) is 5.65. The number of carbonyl (C=O) groups is 1. The third kappa shape index (κ3) is 4.10. The van der Waals surface area contributed by atoms with Gasteiger partial charge in [0, 0.05) is 18.3 Å². The number of carbonyl (C=O) groups excluding carboxylic acids is 1. The normalized spacial score (nSPS) is 22.7. The molecule has 1 aliphatic rings. The van der Waals surface area contributed by atoms with E-state index in [1.54, 1.807) is 6.07 Å². The van der Waals surface area contributed by atoms with Gasteiger partial charge >= 0.3 is 5.97 Å². The van der Waals surface area contributed by atoms with Crippen LogP contribution in [0, 0.1) is 5.92 Å². The fourth-order valence-electron chi connectivity index (χ4n) is 3.09. The molecule has 0 atom stereocenters. The van der Waals surface area contributed by atoms with Gasteiger partial charge in [0.25, 0.3) is 0 Å². The molecule has 1 aromatic rings. The van der Waals surface area contributed by atoms with Crippen LogP contribution in [0.1, 0.15) is 61.6 Å². The van der Waals surface area contributed by atoms with Gasteiger partial charge in [-0.05, 0) is 43.7 Å². The number of methoxy groups -OCH3 is 1. The first-order chi connectivity index (χ1) is 9.72. The highest BCUT2D eigenvalue weighted by atomic mass is 16.5. The van der Waals surface area contributed by atoms with Crippen LogP contribution in [-0.4, -0.2) is 24.1 Å². The molecule has 4 nitrogen and oxygen atoms in total. The number of nitrogens with one attached hydrogen (secondary N) is 2. The molecule has 0 aromatic carbocycles. The minimum atomic E-state index is -0.309. The molecule has 0 bridgehead atoms. The number of rotatable bonds is 6. The fourth-order valence-corrected chi connectivity index (χ4v) is 3.09. The summed E-state index contributed by atoms with van der Waals surface area (Å²) in [4.78, 5) is 14.5. The van der Waals surface area contributed by atoms with Gasteiger partial charge in [0.2, 0.25) is 0 Å². The van der Waals surface area contributed by atoms with E-state index in [4.69, 9.17) is 0 Å². The first-order valence-corrected chi connectivity index (χ1v) is 7.72. The summed E-state index contributed by atoms with van der Waals surface area (Å²) in [6, 6.07) is 4.34. The standard InChI is InChI=1S/C16H26N2O2/c1-3-4-12-5-7-13(8-6-12)17-11-14-9-10-15(18-14)16(19)20-2/h9-10,12-13,17-18H,3-8,11H2,1-2H3. The lowest BCUT2D eigenvalue weighted by Crippen LogP contribution is -2.32. The number of esters is 1. The number of aromatic amines is 1. The highest BCUT2D eigenvalue weighted by Crippen LogP contribution is 2.27. The first-order valence-electron chi connectivity index (χ1n) is 7.72. The molecule has 20 heavy (non-hydrogen) atoms. The molecule has 4 heteroatoms. The van der Waals surface area contributed by atoms with Gasteiger partial charge in [-0.25, -0.2) is 4.79 Å². The van der Waals surface area contributed by atoms with E-state index >= 15 is 0 Å². The molecular weight excluding hydrogens is 252 g/mol. The molecule has 1 saturated carbocycles. The Morgan fingerprint density at radius 3 is 2.75 bits per heavy atom. The summed E-state index contributed by atoms with van der Waals surface area (Å²) in [6.45, 7) is 3.06. The van der Waals surface area contributed by atoms with E-state index in [1.165, 1.54) is 45.6 Å². The second kappa shape index (κ2) is 7.48. The summed E-state index contributed by atoms with van der Waals surface area (Å²) in [7, 11) is 1.40. The van der Waals surface area contributed by atoms with Gasteiger partial charge in [0.1, 0.15) is 5.69 Å². The molecule has 0 unspecified atom stereocenters. The Balaban J connectivity index is 1.73. The Morgan fingerprint density at radius 2 is 2.10 bits per heavy atom. The molecule has 0 saturated heterocycles. The van der Waals surface area contributed by atoms with Crippen molar-refractivity contribution >= 4 is 5.97 Å². The molecule has 0 spiro atoms. The number of hydrogen-bond donors (Lipinski definition) is 2. The zero-order valence-electron chi connectivity index (χ0n) is 12.6. The van der Waals surface area contributed by atoms with Crippen LogP contribution in [0.4, 0.5) is 0 Å². The quantitative estimate of drug-likeness (QED) is 0.785. The molecule has 0 amide bonds. The van der Waals surface area contributed by atoms with Crippen LogP contribution in [-0.2, 0) is 11.3 Å². The molecule has 2 rings (SSSR count). The molecule has 1 aromatic heterocycles. The SMILES string of the molecule is CCCC1CCC(NCc2ccc(C(=O)OC)[nH]2)CC1. The van der Waals surface area contributed by atoms with Crippen molar-refractivity contribution in [1.29, 1.82) is 0 Å². The van der Waals surface area contributed by atoms with Crippen molar-refractivity contribution in [2.24, 2.45) is 5.92 Å². The van der Waals surface area contributed by atoms with Crippen molar-refractivity contribution in [3.05, 3.63) is 23.5 Å². The summed E-state index contributed by atoms with van der Waals surface area (Å²) < 4.78 is 4.69. The first kappa shape index (κ1) is 15.1. The average molecular weight is 278 g/mol. The molecule has 1 heterocycles. The van der Waals surface area contributed by atoms with Crippen molar-refractivity contribution in [3.63, 3.8) is 0 Å². The number of aromatic nitrogens is 1. The molecule has 1 fully saturated rings. The van der Waals surface area contributed by atoms with Crippen molar-refractivity contribution < 1.29 is 9.53 Å². The summed E-state index contributed by atoms with van der Waals surface area (Å²) in [6.07, 6.45) is 7.94. The molecule has 1 aliphatic carbocycles. The van der Waals surface area contributed by atoms with Gasteiger partial charge in [-0.15, -0.1) is 0 Å². The monoisotopic (exact) mass is 278 g/mol. The Hall–Kier alpha value is -1.29. The maximum Gasteiger partial charge on any atom is 0.354 e. The Morgan fingerprint density at radius 1 is 1.35 bits per heavy atom. The molecular formula is C16H26N2O2. The van der Waals surface area contributed by atoms with Crippen molar-refractivity contribution in [3.8, 4) is 0 Å². The van der Waals surface area contributed by atoms with Crippen LogP contribution >= 0.6 is 0 Å². The van der Waals surface area contributed by atoms with Gasteiger partial charge in [0.15, 0.2) is 0 Å². The van der Waals surface area contributed by atoms with Crippen LogP contribution in [0.25, 0.3) is 0 Å². The van der Waals surface area contributed by atoms with Crippen LogP contribution in [0.3, 0.4) is 0 Å². The number of hydrogen-bond acceptors (Lipinski definition) is 3. The van der Waals surface area contributed by atoms with Crippen LogP contribution in [0.5, 0.6) is 0 Å². The van der Waals surface area contributed by atoms with Crippen molar-refractivity contribution in [1.82, 2.24) is 10.3 Å². The topological polar surface area (TPSA) is 54.1 Å². The summed E-state index contributed by atoms with van der Waals surface area (Å²) in [5.41, 5.74) is 1.57. The van der Waals surface area contributed by atoms with Crippen LogP contribution in [0.15, 0.2) is 12.1 Å². The lowest BCUT2D eigenvalue weighted by molar-refractivity contribution is 0.0594. The van der Waals surface area contributed by atoms with Gasteiger partial charge in [-0.2, -0.15) is 0 Å². The molecule has 0 aliphatic heterocycles. The average Bonchev–Trinajstić information content (AvgIpc) is 2.95. The summed E-state index contributed by atoms with van der Waals surface area (Å²) in [5, 5.41) is 3.59. The Bertz CT molecular complexity index is 420. The third-order valence-electron chi connectivity index (χ3n) is 4.28. The van der Waals surface area contributed by atoms with E-state index in [1.807, 2.05) is 6.07 Å². The number of H-pyrrole nitrogens is 1. The van der Waals surface area contributed by atoms with Gasteiger partial charge < -0.3 is 15.0 Å². The minimum absolute atomic E-state index is 0.309. The highest BCUT2D eigenvalue weighted by molar-refractivity contribution is 5.87. The lowest BCUT2D eigenvalue weighted by Gasteiger charge is -2.29. The number of ether oxygens (including phenoxy) is 1. The van der Waals surface area contributed by atoms with E-state index in [2.05, 4.69) is 22.0 Å². The highest BCUT2D eigenvalue weighted by Gasteiger charge is 2.20. The maximum atomic E-state index is 11.4. The van der Waals surface area contributed by atoms with E-state index in [9.17, 15) is 4.79 Å². The predicted octanol–water partition coefficient (Wildman–Crippen LogP) is 3.25. The van der Waals surface area contributed by atoms with E-state index in [0.29, 0.717) is 11.7 Å². The van der Waals surface area contributed by atoms with Crippen molar-refractivity contribution in [2.45, 2.75) is 58.0 Å². The predicted molar refractivity (Wildman–Crippen MR) is 79.6 cm³/mol. The van der Waals surface area contributed by atoms with E-state index < -0.39 is 0 Å². The van der Waals surface area contributed by atoms with E-state index in [-0.39, 0.29) is 5.97 Å². The van der Waals surface area contributed by atoms with Crippen LogP contribution < -0.4 is 5.32 Å². The maximum absolute atomic E-state index is 11.4. The second-order valence-electron chi connectivity index (χ2n) is 5.78. The van der Waals surface area contributed by atoms with Gasteiger partial charge in [-0.1, -0.05) is 19.8 Å².